The van der Waals surface area contributed by atoms with Gasteiger partial charge in [0.05, 0.1) is 11.6 Å². The van der Waals surface area contributed by atoms with Crippen molar-refractivity contribution in [2.75, 3.05) is 0 Å². The number of benzene rings is 1. The van der Waals surface area contributed by atoms with Crippen LogP contribution < -0.4 is 10.5 Å². The zero-order valence-electron chi connectivity index (χ0n) is 23.6. The number of rotatable bonds is 14. The first kappa shape index (κ1) is 30.9. The minimum absolute atomic E-state index is 0.197. The molecule has 1 aromatic rings. The maximum Gasteiger partial charge on any atom is 0.136 e. The summed E-state index contributed by atoms with van der Waals surface area (Å²) in [4.78, 5) is 0. The highest BCUT2D eigenvalue weighted by Crippen LogP contribution is 2.31. The van der Waals surface area contributed by atoms with Crippen molar-refractivity contribution in [1.29, 1.82) is 5.26 Å². The van der Waals surface area contributed by atoms with E-state index in [9.17, 15) is 5.26 Å². The molecule has 0 heterocycles. The van der Waals surface area contributed by atoms with Crippen LogP contribution in [-0.4, -0.2) is 5.54 Å². The van der Waals surface area contributed by atoms with Crippen molar-refractivity contribution in [3.63, 3.8) is 0 Å². The normalized spacial score (nSPS) is 15.1. The molecule has 1 atom stereocenters. The van der Waals surface area contributed by atoms with Crippen LogP contribution in [0.25, 0.3) is 5.57 Å². The van der Waals surface area contributed by atoms with Gasteiger partial charge in [0.1, 0.15) is 11.5 Å². The second-order valence-electron chi connectivity index (χ2n) is 9.75. The van der Waals surface area contributed by atoms with Gasteiger partial charge in [0.25, 0.3) is 0 Å². The van der Waals surface area contributed by atoms with Crippen LogP contribution in [0.15, 0.2) is 83.7 Å². The summed E-state index contributed by atoms with van der Waals surface area (Å²) in [6.45, 7) is 18.6. The van der Waals surface area contributed by atoms with E-state index in [1.54, 1.807) is 6.07 Å². The van der Waals surface area contributed by atoms with E-state index in [4.69, 9.17) is 10.5 Å². The number of nitrogens with zero attached hydrogens (tertiary/aromatic N) is 1. The van der Waals surface area contributed by atoms with Gasteiger partial charge in [0.2, 0.25) is 0 Å². The number of hydrogen-bond donors (Lipinski definition) is 1. The Bertz CT molecular complexity index is 1080. The highest BCUT2D eigenvalue weighted by atomic mass is 16.5. The second-order valence-corrected chi connectivity index (χ2v) is 9.75. The molecule has 0 aliphatic heterocycles. The van der Waals surface area contributed by atoms with Crippen LogP contribution in [0.3, 0.4) is 0 Å². The minimum Gasteiger partial charge on any atom is -0.457 e. The van der Waals surface area contributed by atoms with Crippen LogP contribution in [0.5, 0.6) is 5.75 Å². The molecule has 0 fully saturated rings. The number of hydrogen-bond acceptors (Lipinski definition) is 3. The maximum absolute atomic E-state index is 9.49. The Hall–Kier alpha value is -3.09. The summed E-state index contributed by atoms with van der Waals surface area (Å²) >= 11 is 0. The Morgan fingerprint density at radius 3 is 2.42 bits per heavy atom. The van der Waals surface area contributed by atoms with Crippen LogP contribution in [0.2, 0.25) is 0 Å². The number of nitriles is 1. The summed E-state index contributed by atoms with van der Waals surface area (Å²) in [5.41, 5.74) is 12.4. The van der Waals surface area contributed by atoms with Gasteiger partial charge in [-0.3, -0.25) is 0 Å². The first-order valence-corrected chi connectivity index (χ1v) is 13.2. The van der Waals surface area contributed by atoms with E-state index < -0.39 is 0 Å². The zero-order chi connectivity index (χ0) is 27.1. The molecule has 1 rings (SSSR count). The van der Waals surface area contributed by atoms with Crippen molar-refractivity contribution >= 4 is 5.57 Å². The average Bonchev–Trinajstić information content (AvgIpc) is 2.85. The number of unbranched alkanes of at least 4 members (excludes halogenated alkanes) is 1. The summed E-state index contributed by atoms with van der Waals surface area (Å²) in [5, 5.41) is 9.49. The van der Waals surface area contributed by atoms with E-state index in [-0.39, 0.29) is 5.54 Å². The van der Waals surface area contributed by atoms with Gasteiger partial charge in [-0.25, -0.2) is 0 Å². The topological polar surface area (TPSA) is 59.0 Å². The lowest BCUT2D eigenvalue weighted by Crippen LogP contribution is -2.39. The summed E-state index contributed by atoms with van der Waals surface area (Å²) < 4.78 is 6.37. The highest BCUT2D eigenvalue weighted by Gasteiger charge is 2.22. The predicted molar refractivity (Wildman–Crippen MR) is 157 cm³/mol. The Morgan fingerprint density at radius 2 is 1.86 bits per heavy atom. The molecule has 0 aliphatic carbocycles. The SMILES string of the molecule is C=C(C)/C=C(\C=C(\C)CC)Oc1cc(C#N)ccc1/C(C)=C/C=C(\C=C/C)CC(N)(CC)CCCC. The molecule has 3 heteroatoms. The summed E-state index contributed by atoms with van der Waals surface area (Å²) in [5.74, 6) is 1.36. The van der Waals surface area contributed by atoms with Crippen LogP contribution in [0, 0.1) is 11.3 Å². The van der Waals surface area contributed by atoms with Gasteiger partial charge in [-0.2, -0.15) is 5.26 Å². The molecule has 2 N–H and O–H groups in total. The third-order valence-electron chi connectivity index (χ3n) is 6.32. The molecule has 194 valence electrons. The average molecular weight is 487 g/mol. The fraction of sp³-hybridized carbons (Fsp3) is 0.424. The van der Waals surface area contributed by atoms with Crippen LogP contribution in [0.1, 0.15) is 98.1 Å². The predicted octanol–water partition coefficient (Wildman–Crippen LogP) is 9.35. The highest BCUT2D eigenvalue weighted by molar-refractivity contribution is 5.71. The van der Waals surface area contributed by atoms with Crippen molar-refractivity contribution in [2.24, 2.45) is 5.73 Å². The molecule has 0 bridgehead atoms. The first-order chi connectivity index (χ1) is 17.1. The summed E-state index contributed by atoms with van der Waals surface area (Å²) in [7, 11) is 0. The molecule has 0 radical (unpaired) electrons. The van der Waals surface area contributed by atoms with Crippen molar-refractivity contribution in [2.45, 2.75) is 92.5 Å². The third kappa shape index (κ3) is 10.7. The zero-order valence-corrected chi connectivity index (χ0v) is 23.6. The van der Waals surface area contributed by atoms with Crippen molar-refractivity contribution in [3.8, 4) is 11.8 Å². The molecule has 0 spiro atoms. The number of nitrogens with two attached hydrogens (primary N) is 1. The lowest BCUT2D eigenvalue weighted by Gasteiger charge is -2.29. The lowest BCUT2D eigenvalue weighted by atomic mass is 9.84. The van der Waals surface area contributed by atoms with Gasteiger partial charge in [0.15, 0.2) is 0 Å². The molecule has 0 aromatic heterocycles. The molecule has 0 aliphatic rings. The van der Waals surface area contributed by atoms with E-state index in [0.29, 0.717) is 17.1 Å². The minimum atomic E-state index is -0.197. The first-order valence-electron chi connectivity index (χ1n) is 13.2. The summed E-state index contributed by atoms with van der Waals surface area (Å²) in [6, 6.07) is 7.82. The quantitative estimate of drug-likeness (QED) is 0.210. The van der Waals surface area contributed by atoms with Gasteiger partial charge in [0, 0.05) is 11.1 Å². The van der Waals surface area contributed by atoms with Crippen LogP contribution >= 0.6 is 0 Å². The third-order valence-corrected chi connectivity index (χ3v) is 6.32. The fourth-order valence-corrected chi connectivity index (χ4v) is 3.85. The Balaban J connectivity index is 3.47. The van der Waals surface area contributed by atoms with Gasteiger partial charge in [-0.1, -0.05) is 75.6 Å². The largest absolute Gasteiger partial charge is 0.457 e. The van der Waals surface area contributed by atoms with Gasteiger partial charge < -0.3 is 10.5 Å². The number of ether oxygens (including phenoxy) is 1. The summed E-state index contributed by atoms with van der Waals surface area (Å²) in [6.07, 6.45) is 18.5. The van der Waals surface area contributed by atoms with E-state index in [2.05, 4.69) is 71.6 Å². The van der Waals surface area contributed by atoms with E-state index in [0.717, 1.165) is 55.2 Å². The standard InChI is InChI=1S/C33H46N2O/c1-9-13-19-33(35,12-4)23-28(14-10-2)16-15-27(8)31-18-17-29(24-34)22-32(31)36-30(20-25(5)6)21-26(7)11-3/h10,14-18,20-22H,5,9,11-13,19,23,35H2,1-4,6-8H3/b14-10-,26-21-,27-15+,28-16+,30-20+. The van der Waals surface area contributed by atoms with Gasteiger partial charge in [-0.15, -0.1) is 0 Å². The van der Waals surface area contributed by atoms with Crippen molar-refractivity contribution in [1.82, 2.24) is 0 Å². The van der Waals surface area contributed by atoms with E-state index in [1.807, 2.05) is 38.1 Å². The van der Waals surface area contributed by atoms with Gasteiger partial charge >= 0.3 is 0 Å². The molecule has 1 unspecified atom stereocenters. The van der Waals surface area contributed by atoms with Crippen LogP contribution in [0.4, 0.5) is 0 Å². The Morgan fingerprint density at radius 1 is 1.14 bits per heavy atom. The monoisotopic (exact) mass is 486 g/mol. The van der Waals surface area contributed by atoms with Crippen molar-refractivity contribution < 1.29 is 4.74 Å². The number of allylic oxidation sites excluding steroid dienone is 9. The van der Waals surface area contributed by atoms with Gasteiger partial charge in [-0.05, 0) is 94.9 Å². The van der Waals surface area contributed by atoms with Crippen LogP contribution in [-0.2, 0) is 0 Å². The molecular weight excluding hydrogens is 440 g/mol. The van der Waals surface area contributed by atoms with Crippen molar-refractivity contribution in [3.05, 3.63) is 94.8 Å². The molecule has 0 saturated carbocycles. The molecule has 1 aromatic carbocycles. The molecule has 0 amide bonds. The van der Waals surface area contributed by atoms with E-state index in [1.165, 1.54) is 11.1 Å². The van der Waals surface area contributed by atoms with E-state index >= 15 is 0 Å². The molecule has 3 nitrogen and oxygen atoms in total. The smallest absolute Gasteiger partial charge is 0.136 e. The molecule has 0 saturated heterocycles. The lowest BCUT2D eigenvalue weighted by molar-refractivity contribution is 0.366. The second kappa shape index (κ2) is 15.8. The Labute approximate surface area is 220 Å². The fourth-order valence-electron chi connectivity index (χ4n) is 3.85. The molecule has 36 heavy (non-hydrogen) atoms. The molecular formula is C33H46N2O. The Kier molecular flexibility index (Phi) is 13.6. The maximum atomic E-state index is 9.49.